The number of nitrogens with one attached hydrogen (secondary N) is 4. The molecule has 2 aliphatic rings. The summed E-state index contributed by atoms with van der Waals surface area (Å²) >= 11 is 0. The van der Waals surface area contributed by atoms with Crippen molar-refractivity contribution in [1.82, 2.24) is 30.9 Å². The quantitative estimate of drug-likeness (QED) is 0.0556. The Kier molecular flexibility index (Phi) is 14.8. The van der Waals surface area contributed by atoms with Crippen LogP contribution in [-0.2, 0) is 23.9 Å². The van der Waals surface area contributed by atoms with Gasteiger partial charge in [-0.15, -0.1) is 0 Å². The highest BCUT2D eigenvalue weighted by molar-refractivity contribution is 6.01. The molecule has 0 spiro atoms. The van der Waals surface area contributed by atoms with Crippen molar-refractivity contribution in [1.29, 1.82) is 5.41 Å². The van der Waals surface area contributed by atoms with Gasteiger partial charge in [0.05, 0.1) is 43.5 Å². The highest BCUT2D eigenvalue weighted by Gasteiger charge is 2.41. The molecule has 6 rings (SSSR count). The third-order valence-electron chi connectivity index (χ3n) is 11.4. The third kappa shape index (κ3) is 11.5. The molecule has 2 fully saturated rings. The van der Waals surface area contributed by atoms with E-state index < -0.39 is 18.1 Å². The molecule has 0 aliphatic carbocycles. The van der Waals surface area contributed by atoms with Gasteiger partial charge in [-0.3, -0.25) is 24.6 Å². The van der Waals surface area contributed by atoms with Crippen LogP contribution in [0.1, 0.15) is 82.0 Å². The Morgan fingerprint density at radius 1 is 0.984 bits per heavy atom. The van der Waals surface area contributed by atoms with E-state index in [9.17, 15) is 19.2 Å². The van der Waals surface area contributed by atoms with E-state index in [-0.39, 0.29) is 73.6 Å². The van der Waals surface area contributed by atoms with Crippen molar-refractivity contribution in [2.75, 3.05) is 46.4 Å². The number of benzene rings is 3. The van der Waals surface area contributed by atoms with Crippen LogP contribution in [0.5, 0.6) is 5.75 Å². The molecule has 4 amide bonds. The van der Waals surface area contributed by atoms with Gasteiger partial charge in [-0.2, -0.15) is 0 Å². The van der Waals surface area contributed by atoms with Crippen LogP contribution in [0.15, 0.2) is 71.3 Å². The largest absolute Gasteiger partial charge is 0.490 e. The maximum Gasteiger partial charge on any atom is 0.243 e. The number of rotatable bonds is 17. The normalized spacial score (nSPS) is 16.9. The van der Waals surface area contributed by atoms with Crippen LogP contribution in [0, 0.1) is 17.7 Å². The molecule has 61 heavy (non-hydrogen) atoms. The smallest absolute Gasteiger partial charge is 0.243 e. The lowest BCUT2D eigenvalue weighted by atomic mass is 9.86. The molecule has 3 unspecified atom stereocenters. The minimum absolute atomic E-state index is 0.00528. The van der Waals surface area contributed by atoms with E-state index in [1.807, 2.05) is 81.1 Å². The van der Waals surface area contributed by atoms with Crippen LogP contribution < -0.4 is 26.4 Å². The number of aromatic nitrogens is 1. The van der Waals surface area contributed by atoms with Crippen LogP contribution in [-0.4, -0.2) is 109 Å². The number of hydrogen-bond acceptors (Lipinski definition) is 10. The molecule has 3 heterocycles. The van der Waals surface area contributed by atoms with Gasteiger partial charge in [-0.1, -0.05) is 67.9 Å². The van der Waals surface area contributed by atoms with Crippen LogP contribution in [0.4, 0.5) is 0 Å². The summed E-state index contributed by atoms with van der Waals surface area (Å²) in [4.78, 5) is 56.9. The lowest BCUT2D eigenvalue weighted by Crippen LogP contribution is -2.56. The summed E-state index contributed by atoms with van der Waals surface area (Å²) in [7, 11) is 1.76. The van der Waals surface area contributed by atoms with E-state index in [1.54, 1.807) is 30.1 Å². The Labute approximate surface area is 357 Å². The molecule has 3 aromatic carbocycles. The Morgan fingerprint density at radius 2 is 1.74 bits per heavy atom. The van der Waals surface area contributed by atoms with Crippen molar-refractivity contribution in [2.45, 2.75) is 90.4 Å². The summed E-state index contributed by atoms with van der Waals surface area (Å²) in [6.45, 7) is 10.3. The SMILES string of the molecule is CNC(C(=O)N1CCCC1C(=O)NC(CC(=O)NCCOCCC(=O)N1CCC(Oc2cccc(-c3onc4ccc(C(=N)N)cc34)c2)CC1)c1ccc(C)cc1)C(C)(C)C. The zero-order valence-corrected chi connectivity index (χ0v) is 35.9. The molecule has 2 aliphatic heterocycles. The maximum absolute atomic E-state index is 13.7. The number of amides is 4. The predicted molar refractivity (Wildman–Crippen MR) is 233 cm³/mol. The van der Waals surface area contributed by atoms with Crippen molar-refractivity contribution in [2.24, 2.45) is 11.1 Å². The minimum Gasteiger partial charge on any atom is -0.490 e. The number of amidine groups is 1. The number of carbonyl (C=O) groups is 4. The standard InChI is InChI=1S/C46H60N8O7/c1-29-11-13-30(14-12-29)37(51-44(57)38-10-7-21-54(38)45(58)42(49-5)46(2,3)4)28-39(55)50-20-25-59-24-19-40(56)53-22-17-33(18-23-53)60-34-9-6-8-31(26-34)41-35-27-32(43(47)48)15-16-36(35)52-61-41/h6,8-9,11-16,26-27,33,37-38,42,49H,7,10,17-25,28H2,1-5H3,(H3,47,48)(H,50,55)(H,51,57). The number of aryl methyl sites for hydroxylation is 1. The fourth-order valence-corrected chi connectivity index (χ4v) is 8.10. The molecule has 3 atom stereocenters. The van der Waals surface area contributed by atoms with Crippen LogP contribution >= 0.6 is 0 Å². The maximum atomic E-state index is 13.7. The van der Waals surface area contributed by atoms with Crippen LogP contribution in [0.25, 0.3) is 22.2 Å². The number of likely N-dealkylation sites (tertiary alicyclic amines) is 2. The van der Waals surface area contributed by atoms with E-state index in [0.717, 1.165) is 28.5 Å². The summed E-state index contributed by atoms with van der Waals surface area (Å²) in [5.74, 6) is 0.615. The third-order valence-corrected chi connectivity index (χ3v) is 11.4. The Morgan fingerprint density at radius 3 is 2.44 bits per heavy atom. The highest BCUT2D eigenvalue weighted by Crippen LogP contribution is 2.33. The molecule has 6 N–H and O–H groups in total. The first kappa shape index (κ1) is 44.7. The van der Waals surface area contributed by atoms with Gasteiger partial charge in [0.25, 0.3) is 0 Å². The predicted octanol–water partition coefficient (Wildman–Crippen LogP) is 4.85. The van der Waals surface area contributed by atoms with Gasteiger partial charge in [0.1, 0.15) is 29.2 Å². The molecule has 0 radical (unpaired) electrons. The monoisotopic (exact) mass is 836 g/mol. The van der Waals surface area contributed by atoms with E-state index >= 15 is 0 Å². The van der Waals surface area contributed by atoms with E-state index in [1.165, 1.54) is 0 Å². The molecule has 15 heteroatoms. The molecule has 1 aromatic heterocycles. The van der Waals surface area contributed by atoms with Crippen molar-refractivity contribution in [3.05, 3.63) is 83.4 Å². The van der Waals surface area contributed by atoms with Gasteiger partial charge >= 0.3 is 0 Å². The number of carbonyl (C=O) groups excluding carboxylic acids is 4. The first-order valence-corrected chi connectivity index (χ1v) is 21.2. The summed E-state index contributed by atoms with van der Waals surface area (Å²) in [5.41, 5.74) is 9.28. The number of nitrogens with two attached hydrogens (primary N) is 1. The van der Waals surface area contributed by atoms with E-state index in [0.29, 0.717) is 61.5 Å². The second-order valence-corrected chi connectivity index (χ2v) is 17.0. The number of likely N-dealkylation sites (N-methyl/N-ethyl adjacent to an activating group) is 1. The van der Waals surface area contributed by atoms with Crippen molar-refractivity contribution in [3.8, 4) is 17.1 Å². The molecular formula is C46H60N8O7. The average Bonchev–Trinajstić information content (AvgIpc) is 3.90. The fourth-order valence-electron chi connectivity index (χ4n) is 8.10. The number of piperidine rings is 1. The molecule has 2 saturated heterocycles. The summed E-state index contributed by atoms with van der Waals surface area (Å²) < 4.78 is 17.7. The summed E-state index contributed by atoms with van der Waals surface area (Å²) in [6.07, 6.45) is 2.85. The van der Waals surface area contributed by atoms with Gasteiger partial charge in [-0.25, -0.2) is 0 Å². The highest BCUT2D eigenvalue weighted by atomic mass is 16.5. The average molecular weight is 837 g/mol. The minimum atomic E-state index is -0.612. The van der Waals surface area contributed by atoms with Gasteiger partial charge in [0.15, 0.2) is 5.76 Å². The molecule has 15 nitrogen and oxygen atoms in total. The Balaban J connectivity index is 0.913. The first-order chi connectivity index (χ1) is 29.2. The zero-order chi connectivity index (χ0) is 43.7. The van der Waals surface area contributed by atoms with Gasteiger partial charge in [-0.05, 0) is 68.1 Å². The summed E-state index contributed by atoms with van der Waals surface area (Å²) in [6, 6.07) is 19.0. The van der Waals surface area contributed by atoms with E-state index in [2.05, 4.69) is 21.1 Å². The Hall–Kier alpha value is -5.80. The second kappa shape index (κ2) is 20.2. The van der Waals surface area contributed by atoms with Crippen molar-refractivity contribution >= 4 is 40.4 Å². The second-order valence-electron chi connectivity index (χ2n) is 17.0. The number of fused-ring (bicyclic) bond motifs is 1. The Bertz CT molecular complexity index is 2170. The van der Waals surface area contributed by atoms with Gasteiger partial charge in [0.2, 0.25) is 23.6 Å². The number of nitrogen functional groups attached to an aromatic ring is 1. The van der Waals surface area contributed by atoms with Crippen LogP contribution in [0.3, 0.4) is 0 Å². The fraction of sp³-hybridized carbons (Fsp3) is 0.478. The number of ether oxygens (including phenoxy) is 2. The number of nitrogens with zero attached hydrogens (tertiary/aromatic N) is 3. The summed E-state index contributed by atoms with van der Waals surface area (Å²) in [5, 5.41) is 21.8. The topological polar surface area (TPSA) is 205 Å². The van der Waals surface area contributed by atoms with Crippen LogP contribution in [0.2, 0.25) is 0 Å². The lowest BCUT2D eigenvalue weighted by molar-refractivity contribution is -0.142. The molecular weight excluding hydrogens is 777 g/mol. The van der Waals surface area contributed by atoms with Crippen molar-refractivity contribution < 1.29 is 33.2 Å². The first-order valence-electron chi connectivity index (χ1n) is 21.2. The molecule has 4 aromatic rings. The number of hydrogen-bond donors (Lipinski definition) is 5. The molecule has 0 saturated carbocycles. The van der Waals surface area contributed by atoms with Gasteiger partial charge < -0.3 is 45.5 Å². The molecule has 326 valence electrons. The van der Waals surface area contributed by atoms with Crippen molar-refractivity contribution in [3.63, 3.8) is 0 Å². The molecule has 0 bridgehead atoms. The van der Waals surface area contributed by atoms with Gasteiger partial charge in [0, 0.05) is 50.1 Å². The zero-order valence-electron chi connectivity index (χ0n) is 35.9. The van der Waals surface area contributed by atoms with E-state index in [4.69, 9.17) is 25.1 Å². The lowest BCUT2D eigenvalue weighted by Gasteiger charge is -2.35.